The molecule has 0 aromatic carbocycles. The Morgan fingerprint density at radius 3 is 2.72 bits per heavy atom. The number of thiophene rings is 2. The first-order valence-electron chi connectivity index (χ1n) is 8.14. The van der Waals surface area contributed by atoms with Gasteiger partial charge in [0.2, 0.25) is 0 Å². The summed E-state index contributed by atoms with van der Waals surface area (Å²) in [6, 6.07) is 5.06. The highest BCUT2D eigenvalue weighted by Gasteiger charge is 2.30. The first kappa shape index (κ1) is 18.6. The van der Waals surface area contributed by atoms with Gasteiger partial charge in [0, 0.05) is 4.88 Å². The third-order valence-electron chi connectivity index (χ3n) is 4.59. The van der Waals surface area contributed by atoms with E-state index in [1.54, 1.807) is 11.4 Å². The van der Waals surface area contributed by atoms with E-state index in [0.717, 1.165) is 30.6 Å². The lowest BCUT2D eigenvalue weighted by atomic mass is 9.72. The van der Waals surface area contributed by atoms with Crippen molar-refractivity contribution in [2.24, 2.45) is 11.3 Å². The highest BCUT2D eigenvalue weighted by molar-refractivity contribution is 7.91. The predicted molar refractivity (Wildman–Crippen MR) is 101 cm³/mol. The van der Waals surface area contributed by atoms with Crippen molar-refractivity contribution in [2.75, 3.05) is 0 Å². The number of sulfonamides is 1. The van der Waals surface area contributed by atoms with E-state index in [9.17, 15) is 13.2 Å². The lowest BCUT2D eigenvalue weighted by Crippen LogP contribution is -2.40. The number of aryl methyl sites for hydroxylation is 1. The lowest BCUT2D eigenvalue weighted by Gasteiger charge is -2.33. The molecule has 2 N–H and O–H groups in total. The SMILES string of the molecule is CC(C)(C)C1CCc2sc(C(=O)NNS(=O)(=O)c3cccs3)cc2C1. The van der Waals surface area contributed by atoms with Crippen molar-refractivity contribution >= 4 is 38.6 Å². The van der Waals surface area contributed by atoms with Crippen LogP contribution in [0.3, 0.4) is 0 Å². The monoisotopic (exact) mass is 398 g/mol. The number of hydrogen-bond donors (Lipinski definition) is 2. The zero-order valence-corrected chi connectivity index (χ0v) is 16.9. The van der Waals surface area contributed by atoms with E-state index >= 15 is 0 Å². The summed E-state index contributed by atoms with van der Waals surface area (Å²) in [6.07, 6.45) is 3.09. The van der Waals surface area contributed by atoms with Crippen LogP contribution in [-0.2, 0) is 22.9 Å². The number of hydrazine groups is 1. The molecule has 1 aliphatic rings. The van der Waals surface area contributed by atoms with Crippen LogP contribution in [0.15, 0.2) is 27.8 Å². The Labute approximate surface area is 156 Å². The van der Waals surface area contributed by atoms with E-state index in [1.165, 1.54) is 27.8 Å². The molecular formula is C17H22N2O3S3. The average Bonchev–Trinajstić information content (AvgIpc) is 3.20. The summed E-state index contributed by atoms with van der Waals surface area (Å²) < 4.78 is 24.3. The summed E-state index contributed by atoms with van der Waals surface area (Å²) in [6.45, 7) is 6.76. The fourth-order valence-corrected chi connectivity index (χ4v) is 5.95. The van der Waals surface area contributed by atoms with E-state index < -0.39 is 15.9 Å². The van der Waals surface area contributed by atoms with E-state index in [2.05, 4.69) is 31.0 Å². The smallest absolute Gasteiger partial charge is 0.273 e. The standard InChI is InChI=1S/C17H22N2O3S3/c1-17(2,3)12-6-7-13-11(9-12)10-14(24-13)16(20)18-19-25(21,22)15-5-4-8-23-15/h4-5,8,10,12,19H,6-7,9H2,1-3H3,(H,18,20). The van der Waals surface area contributed by atoms with E-state index in [4.69, 9.17) is 0 Å². The number of amides is 1. The maximum Gasteiger partial charge on any atom is 0.276 e. The van der Waals surface area contributed by atoms with Crippen LogP contribution in [0.5, 0.6) is 0 Å². The number of rotatable bonds is 4. The fraction of sp³-hybridized carbons (Fsp3) is 0.471. The van der Waals surface area contributed by atoms with Crippen molar-refractivity contribution in [3.63, 3.8) is 0 Å². The summed E-state index contributed by atoms with van der Waals surface area (Å²) in [5.41, 5.74) is 3.79. The van der Waals surface area contributed by atoms with Gasteiger partial charge in [0.1, 0.15) is 4.21 Å². The Kier molecular flexibility index (Phi) is 5.07. The molecule has 8 heteroatoms. The molecule has 0 saturated carbocycles. The minimum Gasteiger partial charge on any atom is -0.273 e. The van der Waals surface area contributed by atoms with Gasteiger partial charge >= 0.3 is 0 Å². The highest BCUT2D eigenvalue weighted by atomic mass is 32.2. The number of hydrogen-bond acceptors (Lipinski definition) is 5. The molecule has 0 aliphatic heterocycles. The molecule has 3 rings (SSSR count). The maximum absolute atomic E-state index is 12.3. The van der Waals surface area contributed by atoms with Crippen molar-refractivity contribution in [3.05, 3.63) is 38.9 Å². The molecule has 0 bridgehead atoms. The summed E-state index contributed by atoms with van der Waals surface area (Å²) in [7, 11) is -3.71. The quantitative estimate of drug-likeness (QED) is 0.773. The molecular weight excluding hydrogens is 376 g/mol. The molecule has 1 amide bonds. The largest absolute Gasteiger partial charge is 0.276 e. The van der Waals surface area contributed by atoms with Crippen LogP contribution in [0.25, 0.3) is 0 Å². The molecule has 2 heterocycles. The molecule has 2 aromatic rings. The first-order chi connectivity index (χ1) is 11.7. The van der Waals surface area contributed by atoms with Crippen molar-refractivity contribution in [1.29, 1.82) is 0 Å². The Hall–Kier alpha value is -1.22. The molecule has 1 atom stereocenters. The van der Waals surface area contributed by atoms with Crippen molar-refractivity contribution in [3.8, 4) is 0 Å². The van der Waals surface area contributed by atoms with E-state index in [-0.39, 0.29) is 9.62 Å². The number of carbonyl (C=O) groups is 1. The second kappa shape index (κ2) is 6.83. The van der Waals surface area contributed by atoms with Crippen LogP contribution in [0.1, 0.15) is 47.3 Å². The molecule has 1 unspecified atom stereocenters. The zero-order valence-electron chi connectivity index (χ0n) is 14.5. The van der Waals surface area contributed by atoms with Crippen molar-refractivity contribution < 1.29 is 13.2 Å². The van der Waals surface area contributed by atoms with Gasteiger partial charge in [-0.1, -0.05) is 26.8 Å². The van der Waals surface area contributed by atoms with Crippen LogP contribution in [0.4, 0.5) is 0 Å². The molecule has 25 heavy (non-hydrogen) atoms. The zero-order chi connectivity index (χ0) is 18.2. The average molecular weight is 399 g/mol. The first-order valence-corrected chi connectivity index (χ1v) is 11.3. The molecule has 2 aromatic heterocycles. The van der Waals surface area contributed by atoms with Gasteiger partial charge in [0.05, 0.1) is 4.88 Å². The Morgan fingerprint density at radius 1 is 1.32 bits per heavy atom. The van der Waals surface area contributed by atoms with E-state index in [1.807, 2.05) is 6.07 Å². The molecule has 0 saturated heterocycles. The van der Waals surface area contributed by atoms with Gasteiger partial charge < -0.3 is 0 Å². The molecule has 136 valence electrons. The summed E-state index contributed by atoms with van der Waals surface area (Å²) in [5.74, 6) is 0.190. The van der Waals surface area contributed by atoms with Gasteiger partial charge in [0.25, 0.3) is 15.9 Å². The third-order valence-corrected chi connectivity index (χ3v) is 8.47. The minimum atomic E-state index is -3.71. The van der Waals surface area contributed by atoms with Crippen LogP contribution >= 0.6 is 22.7 Å². The number of fused-ring (bicyclic) bond motifs is 1. The molecule has 1 aliphatic carbocycles. The van der Waals surface area contributed by atoms with Crippen molar-refractivity contribution in [1.82, 2.24) is 10.3 Å². The second-order valence-electron chi connectivity index (χ2n) is 7.36. The second-order valence-corrected chi connectivity index (χ2v) is 11.4. The number of carbonyl (C=O) groups excluding carboxylic acids is 1. The number of nitrogens with one attached hydrogen (secondary N) is 2. The highest BCUT2D eigenvalue weighted by Crippen LogP contribution is 2.40. The molecule has 5 nitrogen and oxygen atoms in total. The van der Waals surface area contributed by atoms with Gasteiger partial charge in [-0.05, 0) is 53.7 Å². The maximum atomic E-state index is 12.3. The van der Waals surface area contributed by atoms with Crippen LogP contribution in [0, 0.1) is 11.3 Å². The Morgan fingerprint density at radius 2 is 2.08 bits per heavy atom. The van der Waals surface area contributed by atoms with Gasteiger partial charge in [-0.25, -0.2) is 8.42 Å². The summed E-state index contributed by atoms with van der Waals surface area (Å²) in [4.78, 5) is 16.3. The molecule has 0 radical (unpaired) electrons. The van der Waals surface area contributed by atoms with Crippen LogP contribution in [0.2, 0.25) is 0 Å². The molecule has 0 fully saturated rings. The lowest BCUT2D eigenvalue weighted by molar-refractivity contribution is 0.0949. The fourth-order valence-electron chi connectivity index (χ4n) is 3.02. The predicted octanol–water partition coefficient (Wildman–Crippen LogP) is 3.58. The molecule has 0 spiro atoms. The third kappa shape index (κ3) is 4.13. The summed E-state index contributed by atoms with van der Waals surface area (Å²) >= 11 is 2.56. The summed E-state index contributed by atoms with van der Waals surface area (Å²) in [5, 5.41) is 1.68. The van der Waals surface area contributed by atoms with Crippen LogP contribution in [-0.4, -0.2) is 14.3 Å². The normalized spacial score (nSPS) is 18.0. The Bertz CT molecular complexity index is 862. The minimum absolute atomic E-state index is 0.172. The van der Waals surface area contributed by atoms with Crippen molar-refractivity contribution in [2.45, 2.75) is 44.2 Å². The van der Waals surface area contributed by atoms with Gasteiger partial charge in [0.15, 0.2) is 0 Å². The van der Waals surface area contributed by atoms with E-state index in [0.29, 0.717) is 10.8 Å². The van der Waals surface area contributed by atoms with Gasteiger partial charge in [-0.3, -0.25) is 10.2 Å². The Balaban J connectivity index is 1.68. The topological polar surface area (TPSA) is 75.3 Å². The van der Waals surface area contributed by atoms with Gasteiger partial charge in [-0.15, -0.1) is 27.5 Å². The van der Waals surface area contributed by atoms with Crippen LogP contribution < -0.4 is 10.3 Å². The van der Waals surface area contributed by atoms with Gasteiger partial charge in [-0.2, -0.15) is 0 Å².